The Hall–Kier alpha value is -0.0500. The van der Waals surface area contributed by atoms with Crippen LogP contribution >= 0.6 is 28.3 Å². The van der Waals surface area contributed by atoms with E-state index >= 15 is 0 Å². The van der Waals surface area contributed by atoms with E-state index in [-0.39, 0.29) is 18.4 Å². The van der Waals surface area contributed by atoms with Gasteiger partial charge in [0, 0.05) is 10.5 Å². The summed E-state index contributed by atoms with van der Waals surface area (Å²) in [5, 5.41) is 0. The molecule has 0 amide bonds. The van der Waals surface area contributed by atoms with Crippen LogP contribution in [0, 0.1) is 0 Å². The highest BCUT2D eigenvalue weighted by atomic mass is 79.9. The Labute approximate surface area is 93.2 Å². The Morgan fingerprint density at radius 3 is 2.77 bits per heavy atom. The van der Waals surface area contributed by atoms with Crippen molar-refractivity contribution in [3.63, 3.8) is 0 Å². The highest BCUT2D eigenvalue weighted by molar-refractivity contribution is 9.10. The third-order valence-corrected chi connectivity index (χ3v) is 3.08. The largest absolute Gasteiger partial charge is 0.324 e. The number of hydrogen-bond acceptors (Lipinski definition) is 1. The molecule has 0 saturated heterocycles. The van der Waals surface area contributed by atoms with Crippen molar-refractivity contribution in [2.75, 3.05) is 0 Å². The van der Waals surface area contributed by atoms with E-state index in [2.05, 4.69) is 41.1 Å². The predicted octanol–water partition coefficient (Wildman–Crippen LogP) is 3.38. The third-order valence-electron chi connectivity index (χ3n) is 2.59. The quantitative estimate of drug-likeness (QED) is 0.762. The molecule has 0 aliphatic heterocycles. The fourth-order valence-electron chi connectivity index (χ4n) is 1.94. The topological polar surface area (TPSA) is 26.0 Å². The average Bonchev–Trinajstić information content (AvgIpc) is 2.28. The van der Waals surface area contributed by atoms with Gasteiger partial charge in [-0.1, -0.05) is 28.9 Å². The Morgan fingerprint density at radius 2 is 2.08 bits per heavy atom. The van der Waals surface area contributed by atoms with Crippen molar-refractivity contribution in [3.05, 3.63) is 33.8 Å². The molecule has 2 N–H and O–H groups in total. The first-order chi connectivity index (χ1) is 5.68. The summed E-state index contributed by atoms with van der Waals surface area (Å²) in [6.45, 7) is 2.23. The van der Waals surface area contributed by atoms with Crippen LogP contribution in [-0.2, 0) is 0 Å². The van der Waals surface area contributed by atoms with Gasteiger partial charge < -0.3 is 5.73 Å². The molecule has 13 heavy (non-hydrogen) atoms. The molecule has 0 fully saturated rings. The lowest BCUT2D eigenvalue weighted by atomic mass is 10.0. The predicted molar refractivity (Wildman–Crippen MR) is 61.4 cm³/mol. The van der Waals surface area contributed by atoms with Crippen LogP contribution in [0.3, 0.4) is 0 Å². The molecule has 2 rings (SSSR count). The SMILES string of the molecule is C[C@@H]1C[C@H](N)c2ccc(Br)cc21.Cl. The highest BCUT2D eigenvalue weighted by Gasteiger charge is 2.24. The van der Waals surface area contributed by atoms with Crippen molar-refractivity contribution in [1.29, 1.82) is 0 Å². The van der Waals surface area contributed by atoms with E-state index in [1.807, 2.05) is 0 Å². The molecule has 1 aliphatic rings. The maximum Gasteiger partial charge on any atom is 0.0303 e. The van der Waals surface area contributed by atoms with Gasteiger partial charge in [0.25, 0.3) is 0 Å². The minimum absolute atomic E-state index is 0. The van der Waals surface area contributed by atoms with Crippen LogP contribution in [0.15, 0.2) is 22.7 Å². The van der Waals surface area contributed by atoms with Crippen molar-refractivity contribution in [1.82, 2.24) is 0 Å². The van der Waals surface area contributed by atoms with E-state index in [9.17, 15) is 0 Å². The van der Waals surface area contributed by atoms with Crippen LogP contribution in [0.2, 0.25) is 0 Å². The minimum Gasteiger partial charge on any atom is -0.324 e. The lowest BCUT2D eigenvalue weighted by Crippen LogP contribution is -2.04. The molecule has 0 bridgehead atoms. The summed E-state index contributed by atoms with van der Waals surface area (Å²) in [5.41, 5.74) is 8.71. The molecular formula is C10H13BrClN. The second kappa shape index (κ2) is 3.99. The molecule has 0 saturated carbocycles. The number of fused-ring (bicyclic) bond motifs is 1. The molecule has 2 atom stereocenters. The summed E-state index contributed by atoms with van der Waals surface area (Å²) < 4.78 is 1.15. The van der Waals surface area contributed by atoms with Crippen molar-refractivity contribution >= 4 is 28.3 Å². The molecule has 1 aliphatic carbocycles. The van der Waals surface area contributed by atoms with Crippen LogP contribution in [0.4, 0.5) is 0 Å². The van der Waals surface area contributed by atoms with E-state index in [0.717, 1.165) is 10.9 Å². The second-order valence-corrected chi connectivity index (χ2v) is 4.43. The molecule has 1 aromatic rings. The zero-order chi connectivity index (χ0) is 8.72. The zero-order valence-electron chi connectivity index (χ0n) is 7.46. The van der Waals surface area contributed by atoms with Crippen LogP contribution in [0.1, 0.15) is 36.4 Å². The summed E-state index contributed by atoms with van der Waals surface area (Å²) in [6, 6.07) is 6.64. The zero-order valence-corrected chi connectivity index (χ0v) is 9.86. The van der Waals surface area contributed by atoms with Gasteiger partial charge in [-0.05, 0) is 35.6 Å². The van der Waals surface area contributed by atoms with Crippen molar-refractivity contribution in [3.8, 4) is 0 Å². The molecule has 72 valence electrons. The molecule has 1 aromatic carbocycles. The summed E-state index contributed by atoms with van der Waals surface area (Å²) in [7, 11) is 0. The van der Waals surface area contributed by atoms with Crippen LogP contribution in [0.25, 0.3) is 0 Å². The maximum atomic E-state index is 5.97. The number of halogens is 2. The van der Waals surface area contributed by atoms with Crippen molar-refractivity contribution in [2.45, 2.75) is 25.3 Å². The Bertz CT molecular complexity index is 314. The normalized spacial score (nSPS) is 25.2. The van der Waals surface area contributed by atoms with E-state index in [0.29, 0.717) is 5.92 Å². The Morgan fingerprint density at radius 1 is 1.38 bits per heavy atom. The van der Waals surface area contributed by atoms with Crippen LogP contribution in [-0.4, -0.2) is 0 Å². The minimum atomic E-state index is 0. The van der Waals surface area contributed by atoms with E-state index in [1.54, 1.807) is 0 Å². The lowest BCUT2D eigenvalue weighted by molar-refractivity contribution is 0.640. The van der Waals surface area contributed by atoms with E-state index < -0.39 is 0 Å². The first-order valence-electron chi connectivity index (χ1n) is 4.23. The Kier molecular flexibility index (Phi) is 3.38. The molecule has 0 aromatic heterocycles. The standard InChI is InChI=1S/C10H12BrN.ClH/c1-6-4-10(12)8-3-2-7(11)5-9(6)8;/h2-3,5-6,10H,4,12H2,1H3;1H/t6-,10+;/m1./s1. The van der Waals surface area contributed by atoms with Crippen LogP contribution < -0.4 is 5.73 Å². The number of hydrogen-bond donors (Lipinski definition) is 1. The highest BCUT2D eigenvalue weighted by Crippen LogP contribution is 2.39. The van der Waals surface area contributed by atoms with Gasteiger partial charge in [0.15, 0.2) is 0 Å². The first kappa shape index (κ1) is 11.0. The van der Waals surface area contributed by atoms with Gasteiger partial charge >= 0.3 is 0 Å². The van der Waals surface area contributed by atoms with Gasteiger partial charge in [-0.15, -0.1) is 12.4 Å². The first-order valence-corrected chi connectivity index (χ1v) is 5.02. The maximum absolute atomic E-state index is 5.97. The molecule has 0 radical (unpaired) electrons. The monoisotopic (exact) mass is 261 g/mol. The van der Waals surface area contributed by atoms with Crippen LogP contribution in [0.5, 0.6) is 0 Å². The van der Waals surface area contributed by atoms with E-state index in [4.69, 9.17) is 5.73 Å². The smallest absolute Gasteiger partial charge is 0.0303 e. The number of benzene rings is 1. The summed E-state index contributed by atoms with van der Waals surface area (Å²) in [6.07, 6.45) is 1.09. The lowest BCUT2D eigenvalue weighted by Gasteiger charge is -2.04. The van der Waals surface area contributed by atoms with Crippen molar-refractivity contribution < 1.29 is 0 Å². The molecular weight excluding hydrogens is 249 g/mol. The molecule has 3 heteroatoms. The average molecular weight is 263 g/mol. The molecule has 0 heterocycles. The fourth-order valence-corrected chi connectivity index (χ4v) is 2.32. The van der Waals surface area contributed by atoms with Gasteiger partial charge in [0.05, 0.1) is 0 Å². The summed E-state index contributed by atoms with van der Waals surface area (Å²) in [4.78, 5) is 0. The van der Waals surface area contributed by atoms with Gasteiger partial charge in [-0.2, -0.15) is 0 Å². The van der Waals surface area contributed by atoms with Gasteiger partial charge in [0.1, 0.15) is 0 Å². The molecule has 0 unspecified atom stereocenters. The van der Waals surface area contributed by atoms with Gasteiger partial charge in [0.2, 0.25) is 0 Å². The van der Waals surface area contributed by atoms with Gasteiger partial charge in [-0.3, -0.25) is 0 Å². The third kappa shape index (κ3) is 1.90. The van der Waals surface area contributed by atoms with Gasteiger partial charge in [-0.25, -0.2) is 0 Å². The number of nitrogens with two attached hydrogens (primary N) is 1. The summed E-state index contributed by atoms with van der Waals surface area (Å²) in [5.74, 6) is 0.618. The number of rotatable bonds is 0. The van der Waals surface area contributed by atoms with E-state index in [1.165, 1.54) is 11.1 Å². The second-order valence-electron chi connectivity index (χ2n) is 3.52. The molecule has 0 spiro atoms. The molecule has 1 nitrogen and oxygen atoms in total. The summed E-state index contributed by atoms with van der Waals surface area (Å²) >= 11 is 3.47. The van der Waals surface area contributed by atoms with Crippen molar-refractivity contribution in [2.24, 2.45) is 5.73 Å². The fraction of sp³-hybridized carbons (Fsp3) is 0.400. The Balaban J connectivity index is 0.000000845.